The second-order valence-corrected chi connectivity index (χ2v) is 4.69. The minimum absolute atomic E-state index is 0.653. The molecule has 17 heavy (non-hydrogen) atoms. The summed E-state index contributed by atoms with van der Waals surface area (Å²) < 4.78 is 0. The molecule has 0 spiro atoms. The third-order valence-electron chi connectivity index (χ3n) is 3.64. The molecule has 1 N–H and O–H groups in total. The molecule has 0 aromatic carbocycles. The summed E-state index contributed by atoms with van der Waals surface area (Å²) in [6.07, 6.45) is 5.42. The van der Waals surface area contributed by atoms with Crippen LogP contribution in [0.4, 0.5) is 0 Å². The van der Waals surface area contributed by atoms with Gasteiger partial charge >= 0.3 is 0 Å². The summed E-state index contributed by atoms with van der Waals surface area (Å²) in [7, 11) is 0. The van der Waals surface area contributed by atoms with Gasteiger partial charge in [-0.2, -0.15) is 0 Å². The Balaban J connectivity index is 1.80. The average molecular weight is 230 g/mol. The van der Waals surface area contributed by atoms with Crippen molar-refractivity contribution in [3.8, 4) is 0 Å². The Bertz CT molecular complexity index is 472. The van der Waals surface area contributed by atoms with Gasteiger partial charge in [-0.1, -0.05) is 6.92 Å². The van der Waals surface area contributed by atoms with Crippen LogP contribution in [0.25, 0.3) is 11.2 Å². The number of imidazole rings is 1. The minimum Gasteiger partial charge on any atom is -0.341 e. The van der Waals surface area contributed by atoms with Gasteiger partial charge in [0.1, 0.15) is 5.82 Å². The number of aromatic amines is 1. The first-order chi connectivity index (χ1) is 8.36. The average Bonchev–Trinajstić information content (AvgIpc) is 2.94. The fourth-order valence-corrected chi connectivity index (χ4v) is 2.76. The molecule has 1 saturated heterocycles. The third-order valence-corrected chi connectivity index (χ3v) is 3.64. The van der Waals surface area contributed by atoms with Crippen molar-refractivity contribution in [3.05, 3.63) is 24.2 Å². The minimum atomic E-state index is 0.653. The van der Waals surface area contributed by atoms with Crippen molar-refractivity contribution in [2.45, 2.75) is 32.2 Å². The van der Waals surface area contributed by atoms with Gasteiger partial charge in [-0.3, -0.25) is 0 Å². The van der Waals surface area contributed by atoms with Crippen molar-refractivity contribution in [1.29, 1.82) is 0 Å². The molecule has 0 radical (unpaired) electrons. The van der Waals surface area contributed by atoms with Crippen LogP contribution in [0.2, 0.25) is 0 Å². The summed E-state index contributed by atoms with van der Waals surface area (Å²) in [5.74, 6) is 1.07. The summed E-state index contributed by atoms with van der Waals surface area (Å²) in [6, 6.07) is 4.63. The Labute approximate surface area is 101 Å². The van der Waals surface area contributed by atoms with Gasteiger partial charge in [-0.25, -0.2) is 9.97 Å². The lowest BCUT2D eigenvalue weighted by molar-refractivity contribution is 0.264. The van der Waals surface area contributed by atoms with Gasteiger partial charge < -0.3 is 9.88 Å². The second kappa shape index (κ2) is 4.45. The molecule has 1 atom stereocenters. The highest BCUT2D eigenvalue weighted by Gasteiger charge is 2.24. The van der Waals surface area contributed by atoms with E-state index in [0.717, 1.165) is 30.0 Å². The van der Waals surface area contributed by atoms with Crippen molar-refractivity contribution in [1.82, 2.24) is 19.9 Å². The van der Waals surface area contributed by atoms with Gasteiger partial charge in [-0.15, -0.1) is 0 Å². The Morgan fingerprint density at radius 2 is 2.47 bits per heavy atom. The third kappa shape index (κ3) is 2.05. The van der Waals surface area contributed by atoms with E-state index in [1.807, 2.05) is 12.1 Å². The monoisotopic (exact) mass is 230 g/mol. The Kier molecular flexibility index (Phi) is 2.81. The van der Waals surface area contributed by atoms with Gasteiger partial charge in [0.25, 0.3) is 0 Å². The smallest absolute Gasteiger partial charge is 0.177 e. The Hall–Kier alpha value is -1.42. The topological polar surface area (TPSA) is 44.8 Å². The van der Waals surface area contributed by atoms with Gasteiger partial charge in [-0.05, 0) is 38.1 Å². The number of hydrogen-bond acceptors (Lipinski definition) is 3. The molecule has 0 bridgehead atoms. The zero-order valence-electron chi connectivity index (χ0n) is 10.2. The van der Waals surface area contributed by atoms with Crippen molar-refractivity contribution < 1.29 is 0 Å². The van der Waals surface area contributed by atoms with E-state index in [4.69, 9.17) is 0 Å². The van der Waals surface area contributed by atoms with E-state index >= 15 is 0 Å². The van der Waals surface area contributed by atoms with Crippen LogP contribution in [-0.4, -0.2) is 39.0 Å². The van der Waals surface area contributed by atoms with Gasteiger partial charge in [0.05, 0.1) is 5.52 Å². The fourth-order valence-electron chi connectivity index (χ4n) is 2.76. The van der Waals surface area contributed by atoms with Crippen LogP contribution in [0.3, 0.4) is 0 Å². The number of aromatic nitrogens is 3. The predicted octanol–water partition coefficient (Wildman–Crippen LogP) is 1.98. The SMILES string of the molecule is CCN1CCCC1Cc1nc2ncccc2[nH]1. The number of rotatable bonds is 3. The van der Waals surface area contributed by atoms with Crippen LogP contribution >= 0.6 is 0 Å². The molecule has 2 aromatic heterocycles. The summed E-state index contributed by atoms with van der Waals surface area (Å²) in [5, 5.41) is 0. The highest BCUT2D eigenvalue weighted by atomic mass is 15.2. The first-order valence-electron chi connectivity index (χ1n) is 6.40. The van der Waals surface area contributed by atoms with Crippen LogP contribution < -0.4 is 0 Å². The van der Waals surface area contributed by atoms with Gasteiger partial charge in [0.2, 0.25) is 0 Å². The summed E-state index contributed by atoms with van der Waals surface area (Å²) >= 11 is 0. The first-order valence-corrected chi connectivity index (χ1v) is 6.40. The second-order valence-electron chi connectivity index (χ2n) is 4.69. The molecule has 1 fully saturated rings. The van der Waals surface area contributed by atoms with Crippen LogP contribution in [0.5, 0.6) is 0 Å². The van der Waals surface area contributed by atoms with E-state index in [0.29, 0.717) is 6.04 Å². The van der Waals surface area contributed by atoms with Crippen molar-refractivity contribution in [3.63, 3.8) is 0 Å². The molecule has 2 aromatic rings. The number of nitrogens with one attached hydrogen (secondary N) is 1. The molecule has 0 amide bonds. The lowest BCUT2D eigenvalue weighted by Crippen LogP contribution is -2.31. The maximum absolute atomic E-state index is 4.55. The largest absolute Gasteiger partial charge is 0.341 e. The fraction of sp³-hybridized carbons (Fsp3) is 0.538. The highest BCUT2D eigenvalue weighted by Crippen LogP contribution is 2.20. The van der Waals surface area contributed by atoms with Crippen LogP contribution in [0.15, 0.2) is 18.3 Å². The molecule has 0 aliphatic carbocycles. The maximum Gasteiger partial charge on any atom is 0.177 e. The van der Waals surface area contributed by atoms with Crippen molar-refractivity contribution in [2.24, 2.45) is 0 Å². The molecular formula is C13H18N4. The Morgan fingerprint density at radius 1 is 1.53 bits per heavy atom. The van der Waals surface area contributed by atoms with Gasteiger partial charge in [0, 0.05) is 18.7 Å². The van der Waals surface area contributed by atoms with E-state index in [-0.39, 0.29) is 0 Å². The van der Waals surface area contributed by atoms with E-state index in [1.54, 1.807) is 6.20 Å². The molecule has 1 aliphatic rings. The number of pyridine rings is 1. The summed E-state index contributed by atoms with van der Waals surface area (Å²) in [4.78, 5) is 14.7. The molecular weight excluding hydrogens is 212 g/mol. The molecule has 4 heteroatoms. The molecule has 0 saturated carbocycles. The highest BCUT2D eigenvalue weighted by molar-refractivity contribution is 5.69. The summed E-state index contributed by atoms with van der Waals surface area (Å²) in [5.41, 5.74) is 1.88. The quantitative estimate of drug-likeness (QED) is 0.877. The molecule has 3 heterocycles. The maximum atomic E-state index is 4.55. The van der Waals surface area contributed by atoms with Crippen molar-refractivity contribution in [2.75, 3.05) is 13.1 Å². The molecule has 1 aliphatic heterocycles. The zero-order chi connectivity index (χ0) is 11.7. The number of nitrogens with zero attached hydrogens (tertiary/aromatic N) is 3. The lowest BCUT2D eigenvalue weighted by atomic mass is 10.1. The normalized spacial score (nSPS) is 21.4. The number of likely N-dealkylation sites (tertiary alicyclic amines) is 1. The van der Waals surface area contributed by atoms with E-state index in [2.05, 4.69) is 26.8 Å². The standard InChI is InChI=1S/C13H18N4/c1-2-17-8-4-5-10(17)9-12-15-11-6-3-7-14-13(11)16-12/h3,6-7,10H,2,4-5,8-9H2,1H3,(H,14,15,16). The van der Waals surface area contributed by atoms with E-state index in [9.17, 15) is 0 Å². The first kappa shape index (κ1) is 10.7. The van der Waals surface area contributed by atoms with Crippen LogP contribution in [0.1, 0.15) is 25.6 Å². The Morgan fingerprint density at radius 3 is 3.29 bits per heavy atom. The summed E-state index contributed by atoms with van der Waals surface area (Å²) in [6.45, 7) is 4.61. The van der Waals surface area contributed by atoms with Crippen LogP contribution in [0, 0.1) is 0 Å². The van der Waals surface area contributed by atoms with Gasteiger partial charge in [0.15, 0.2) is 5.65 Å². The number of H-pyrrole nitrogens is 1. The molecule has 4 nitrogen and oxygen atoms in total. The number of hydrogen-bond donors (Lipinski definition) is 1. The number of fused-ring (bicyclic) bond motifs is 1. The lowest BCUT2D eigenvalue weighted by Gasteiger charge is -2.21. The molecule has 1 unspecified atom stereocenters. The number of likely N-dealkylation sites (N-methyl/N-ethyl adjacent to an activating group) is 1. The zero-order valence-corrected chi connectivity index (χ0v) is 10.2. The molecule has 90 valence electrons. The van der Waals surface area contributed by atoms with E-state index in [1.165, 1.54) is 19.4 Å². The van der Waals surface area contributed by atoms with Crippen LogP contribution in [-0.2, 0) is 6.42 Å². The predicted molar refractivity (Wildman–Crippen MR) is 67.9 cm³/mol. The van der Waals surface area contributed by atoms with Crippen molar-refractivity contribution >= 4 is 11.2 Å². The molecule has 3 rings (SSSR count). The van der Waals surface area contributed by atoms with E-state index < -0.39 is 0 Å².